The molecule has 73 heavy (non-hydrogen) atoms. The van der Waals surface area contributed by atoms with Crippen molar-refractivity contribution in [2.45, 2.75) is 155 Å². The molecule has 4 bridgehead atoms. The van der Waals surface area contributed by atoms with Crippen LogP contribution in [0.15, 0.2) is 140 Å². The Hall–Kier alpha value is -6.04. The molecule has 0 radical (unpaired) electrons. The van der Waals surface area contributed by atoms with Crippen molar-refractivity contribution in [2.24, 2.45) is 0 Å². The van der Waals surface area contributed by atoms with Crippen molar-refractivity contribution in [1.82, 2.24) is 0 Å². The van der Waals surface area contributed by atoms with Gasteiger partial charge in [0.15, 0.2) is 0 Å². The Labute approximate surface area is 440 Å². The number of fused-ring (bicyclic) bond motifs is 6. The van der Waals surface area contributed by atoms with E-state index < -0.39 is 0 Å². The van der Waals surface area contributed by atoms with Crippen LogP contribution in [-0.2, 0) is 32.5 Å². The predicted molar refractivity (Wildman–Crippen MR) is 317 cm³/mol. The van der Waals surface area contributed by atoms with Crippen LogP contribution in [0.3, 0.4) is 0 Å². The van der Waals surface area contributed by atoms with Crippen LogP contribution in [0.1, 0.15) is 154 Å². The Bertz CT molecular complexity index is 3570. The second-order valence-electron chi connectivity index (χ2n) is 26.8. The van der Waals surface area contributed by atoms with Crippen LogP contribution in [0.4, 0.5) is 51.2 Å². The van der Waals surface area contributed by atoms with Crippen LogP contribution in [0.25, 0.3) is 10.1 Å². The van der Waals surface area contributed by atoms with Gasteiger partial charge in [-0.1, -0.05) is 149 Å². The van der Waals surface area contributed by atoms with Gasteiger partial charge in [0, 0.05) is 54.7 Å². The van der Waals surface area contributed by atoms with E-state index in [2.05, 4.69) is 256 Å². The molecule has 368 valence electrons. The summed E-state index contributed by atoms with van der Waals surface area (Å²) in [6.45, 7) is 31.6. The van der Waals surface area contributed by atoms with Crippen LogP contribution in [0, 0.1) is 6.92 Å². The molecular formula is C68H72BN3S. The maximum Gasteiger partial charge on any atom is 0.264 e. The van der Waals surface area contributed by atoms with Gasteiger partial charge >= 0.3 is 0 Å². The summed E-state index contributed by atoms with van der Waals surface area (Å²) in [5.41, 5.74) is 24.1. The third-order valence-corrected chi connectivity index (χ3v) is 19.8. The zero-order valence-electron chi connectivity index (χ0n) is 45.6. The minimum Gasteiger partial charge on any atom is -0.311 e. The van der Waals surface area contributed by atoms with E-state index in [1.54, 1.807) is 16.7 Å². The number of hydrogen-bond donors (Lipinski definition) is 0. The lowest BCUT2D eigenvalue weighted by Gasteiger charge is -2.51. The van der Waals surface area contributed by atoms with Gasteiger partial charge in [0.1, 0.15) is 0 Å². The average Bonchev–Trinajstić information content (AvgIpc) is 3.74. The SMILES string of the molecule is Cc1ccc(N(c2ccccc2)c2cc3c4c(c2)N2c5ccc6c(c5)C(C)(CCC6(C)C)CC5(C)CCC(C)(C)c6cc7sc(c2c7cc65)B4c2cc(C(C)(C)C)ccc2N3c2ccc(C(C)(C)C)cc2)cc1. The summed E-state index contributed by atoms with van der Waals surface area (Å²) < 4.78 is 2.86. The quantitative estimate of drug-likeness (QED) is 0.163. The highest BCUT2D eigenvalue weighted by molar-refractivity contribution is 7.33. The van der Waals surface area contributed by atoms with E-state index in [4.69, 9.17) is 0 Å². The number of aryl methyl sites for hydroxylation is 1. The van der Waals surface area contributed by atoms with E-state index in [9.17, 15) is 0 Å². The molecule has 2 aliphatic carbocycles. The molecule has 2 atom stereocenters. The summed E-state index contributed by atoms with van der Waals surface area (Å²) in [4.78, 5) is 7.87. The fourth-order valence-electron chi connectivity index (χ4n) is 14.3. The van der Waals surface area contributed by atoms with Crippen molar-refractivity contribution in [2.75, 3.05) is 14.7 Å². The first-order chi connectivity index (χ1) is 34.5. The Morgan fingerprint density at radius 2 is 1.10 bits per heavy atom. The van der Waals surface area contributed by atoms with Crippen molar-refractivity contribution in [1.29, 1.82) is 0 Å². The monoisotopic (exact) mass is 974 g/mol. The largest absolute Gasteiger partial charge is 0.311 e. The molecule has 0 saturated carbocycles. The van der Waals surface area contributed by atoms with Gasteiger partial charge in [0.2, 0.25) is 0 Å². The summed E-state index contributed by atoms with van der Waals surface area (Å²) in [6.07, 6.45) is 5.92. The summed E-state index contributed by atoms with van der Waals surface area (Å²) >= 11 is 2.06. The zero-order valence-corrected chi connectivity index (χ0v) is 46.5. The fourth-order valence-corrected chi connectivity index (χ4v) is 15.6. The molecule has 3 nitrogen and oxygen atoms in total. The Kier molecular flexibility index (Phi) is 9.93. The molecular weight excluding hydrogens is 902 g/mol. The lowest BCUT2D eigenvalue weighted by atomic mass is 9.36. The maximum atomic E-state index is 2.76. The average molecular weight is 974 g/mol. The van der Waals surface area contributed by atoms with E-state index >= 15 is 0 Å². The molecule has 5 heteroatoms. The van der Waals surface area contributed by atoms with E-state index in [-0.39, 0.29) is 39.2 Å². The highest BCUT2D eigenvalue weighted by atomic mass is 32.1. The second kappa shape index (κ2) is 15.5. The first-order valence-electron chi connectivity index (χ1n) is 27.2. The molecule has 0 fully saturated rings. The molecule has 0 spiro atoms. The molecule has 0 saturated heterocycles. The molecule has 3 aliphatic heterocycles. The van der Waals surface area contributed by atoms with E-state index in [0.717, 1.165) is 23.5 Å². The van der Waals surface area contributed by atoms with E-state index in [0.29, 0.717) is 0 Å². The van der Waals surface area contributed by atoms with Crippen molar-refractivity contribution in [3.05, 3.63) is 178 Å². The van der Waals surface area contributed by atoms with E-state index in [1.165, 1.54) is 108 Å². The maximum absolute atomic E-state index is 2.76. The van der Waals surface area contributed by atoms with Crippen LogP contribution in [0.2, 0.25) is 0 Å². The topological polar surface area (TPSA) is 9.72 Å². The van der Waals surface area contributed by atoms with Crippen molar-refractivity contribution in [3.63, 3.8) is 0 Å². The molecule has 0 N–H and O–H groups in total. The smallest absolute Gasteiger partial charge is 0.264 e. The lowest BCUT2D eigenvalue weighted by Crippen LogP contribution is -2.60. The molecule has 8 aromatic rings. The van der Waals surface area contributed by atoms with Crippen LogP contribution >= 0.6 is 11.3 Å². The molecule has 13 rings (SSSR count). The minimum absolute atomic E-state index is 0.0105. The number of hydrogen-bond acceptors (Lipinski definition) is 4. The minimum atomic E-state index is -0.0387. The summed E-state index contributed by atoms with van der Waals surface area (Å²) in [5.74, 6) is 0. The van der Waals surface area contributed by atoms with Gasteiger partial charge in [-0.15, -0.1) is 11.3 Å². The Morgan fingerprint density at radius 3 is 1.75 bits per heavy atom. The van der Waals surface area contributed by atoms with Crippen molar-refractivity contribution < 1.29 is 0 Å². The Balaban J connectivity index is 1.20. The normalized spacial score (nSPS) is 20.9. The van der Waals surface area contributed by atoms with Gasteiger partial charge < -0.3 is 14.7 Å². The first kappa shape index (κ1) is 46.7. The number of anilines is 9. The number of benzene rings is 7. The highest BCUT2D eigenvalue weighted by Gasteiger charge is 2.51. The van der Waals surface area contributed by atoms with Gasteiger partial charge in [0.25, 0.3) is 6.71 Å². The predicted octanol–water partition coefficient (Wildman–Crippen LogP) is 17.4. The number of thiophene rings is 1. The zero-order chi connectivity index (χ0) is 50.9. The fraction of sp³-hybridized carbons (Fsp3) is 0.353. The Morgan fingerprint density at radius 1 is 0.507 bits per heavy atom. The van der Waals surface area contributed by atoms with Crippen LogP contribution < -0.4 is 30.4 Å². The molecule has 4 heterocycles. The van der Waals surface area contributed by atoms with Gasteiger partial charge in [0.05, 0.1) is 11.4 Å². The number of para-hydroxylation sites is 1. The second-order valence-corrected chi connectivity index (χ2v) is 27.9. The molecule has 7 aromatic carbocycles. The van der Waals surface area contributed by atoms with E-state index in [1.807, 2.05) is 0 Å². The third kappa shape index (κ3) is 7.03. The standard InChI is InChI=1S/C68H72BN3S/c1-42-19-24-46(25-20-42)70(45-17-15-14-16-18-45)49-37-57-60-58(38-49)72-48-28-29-51-53(36-48)67(12,33-31-65(51,8)9)41-68(13)34-32-66(10,11)52-40-59-50(39-54(52)68)61(72)62(73-59)69(60)55-35-44(64(5,6)7)23-30-56(55)71(57)47-26-21-43(22-27-47)63(2,3)4/h14-30,35-40H,31-34,41H2,1-13H3. The van der Waals surface area contributed by atoms with Gasteiger partial charge in [-0.3, -0.25) is 0 Å². The van der Waals surface area contributed by atoms with Gasteiger partial charge in [-0.2, -0.15) is 0 Å². The molecule has 0 amide bonds. The van der Waals surface area contributed by atoms with Crippen molar-refractivity contribution >= 4 is 95.0 Å². The first-order valence-corrected chi connectivity index (χ1v) is 28.1. The van der Waals surface area contributed by atoms with Crippen LogP contribution in [0.5, 0.6) is 0 Å². The third-order valence-electron chi connectivity index (χ3n) is 18.6. The van der Waals surface area contributed by atoms with Gasteiger partial charge in [-0.25, -0.2) is 0 Å². The highest BCUT2D eigenvalue weighted by Crippen LogP contribution is 2.60. The molecule has 2 unspecified atom stereocenters. The number of nitrogens with zero attached hydrogens (tertiary/aromatic N) is 3. The summed E-state index contributed by atoms with van der Waals surface area (Å²) in [6, 6.07) is 55.3. The number of rotatable bonds is 4. The lowest BCUT2D eigenvalue weighted by molar-refractivity contribution is 0.208. The summed E-state index contributed by atoms with van der Waals surface area (Å²) in [5, 5.41) is 1.40. The molecule has 5 aliphatic rings. The summed E-state index contributed by atoms with van der Waals surface area (Å²) in [7, 11) is 0. The van der Waals surface area contributed by atoms with Crippen molar-refractivity contribution in [3.8, 4) is 0 Å². The van der Waals surface area contributed by atoms with Gasteiger partial charge in [-0.05, 0) is 195 Å². The molecule has 1 aromatic heterocycles. The van der Waals surface area contributed by atoms with Crippen LogP contribution in [-0.4, -0.2) is 6.71 Å².